The molecule has 2 N–H and O–H groups in total. The van der Waals surface area contributed by atoms with Gasteiger partial charge in [-0.1, -0.05) is 6.92 Å². The van der Waals surface area contributed by atoms with Crippen LogP contribution < -0.4 is 10.6 Å². The van der Waals surface area contributed by atoms with Crippen LogP contribution in [0.1, 0.15) is 26.0 Å². The van der Waals surface area contributed by atoms with Crippen LogP contribution in [0.4, 0.5) is 0 Å². The van der Waals surface area contributed by atoms with E-state index in [1.54, 1.807) is 7.11 Å². The third-order valence-corrected chi connectivity index (χ3v) is 2.98. The minimum atomic E-state index is -0.207. The van der Waals surface area contributed by atoms with Crippen LogP contribution in [0.5, 0.6) is 0 Å². The average molecular weight is 267 g/mol. The summed E-state index contributed by atoms with van der Waals surface area (Å²) in [6.07, 6.45) is 3.18. The number of ether oxygens (including phenoxy) is 1. The predicted octanol–water partition coefficient (Wildman–Crippen LogP) is 1.14. The molecule has 0 radical (unpaired) electrons. The summed E-state index contributed by atoms with van der Waals surface area (Å²) in [5.41, 5.74) is 1.21. The van der Waals surface area contributed by atoms with E-state index in [0.29, 0.717) is 19.7 Å². The lowest BCUT2D eigenvalue weighted by atomic mass is 10.3. The molecule has 0 aromatic carbocycles. The van der Waals surface area contributed by atoms with Gasteiger partial charge in [-0.3, -0.25) is 4.79 Å². The van der Waals surface area contributed by atoms with E-state index in [9.17, 15) is 4.79 Å². The number of aryl methyl sites for hydroxylation is 1. The smallest absolute Gasteiger partial charge is 0.236 e. The fourth-order valence-corrected chi connectivity index (χ4v) is 1.85. The lowest BCUT2D eigenvalue weighted by molar-refractivity contribution is -0.123. The minimum Gasteiger partial charge on any atom is -0.383 e. The molecule has 1 unspecified atom stereocenters. The van der Waals surface area contributed by atoms with Crippen LogP contribution in [0.15, 0.2) is 18.3 Å². The number of carbonyl (C=O) groups excluding carboxylic acids is 1. The van der Waals surface area contributed by atoms with Gasteiger partial charge < -0.3 is 19.9 Å². The number of nitrogens with zero attached hydrogens (tertiary/aromatic N) is 1. The topological polar surface area (TPSA) is 55.3 Å². The molecule has 0 aliphatic heterocycles. The number of hydrogen-bond donors (Lipinski definition) is 2. The molecule has 1 amide bonds. The number of carbonyl (C=O) groups is 1. The zero-order valence-electron chi connectivity index (χ0n) is 12.1. The maximum atomic E-state index is 11.8. The van der Waals surface area contributed by atoms with Gasteiger partial charge in [-0.25, -0.2) is 0 Å². The van der Waals surface area contributed by atoms with E-state index in [-0.39, 0.29) is 11.9 Å². The van der Waals surface area contributed by atoms with Gasteiger partial charge in [0.25, 0.3) is 0 Å². The van der Waals surface area contributed by atoms with Crippen molar-refractivity contribution in [3.63, 3.8) is 0 Å². The van der Waals surface area contributed by atoms with Gasteiger partial charge in [0.1, 0.15) is 0 Å². The summed E-state index contributed by atoms with van der Waals surface area (Å²) in [6.45, 7) is 6.83. The number of methoxy groups -OCH3 is 1. The first-order chi connectivity index (χ1) is 9.19. The maximum Gasteiger partial charge on any atom is 0.236 e. The zero-order chi connectivity index (χ0) is 14.1. The van der Waals surface area contributed by atoms with Crippen molar-refractivity contribution < 1.29 is 9.53 Å². The molecule has 1 rings (SSSR count). The summed E-state index contributed by atoms with van der Waals surface area (Å²) in [6, 6.07) is 3.91. The molecule has 1 aromatic heterocycles. The van der Waals surface area contributed by atoms with Crippen molar-refractivity contribution in [3.05, 3.63) is 24.0 Å². The molecule has 1 heterocycles. The number of aromatic nitrogens is 1. The molecule has 19 heavy (non-hydrogen) atoms. The van der Waals surface area contributed by atoms with Gasteiger partial charge in [-0.15, -0.1) is 0 Å². The predicted molar refractivity (Wildman–Crippen MR) is 75.9 cm³/mol. The van der Waals surface area contributed by atoms with E-state index in [1.165, 1.54) is 5.69 Å². The van der Waals surface area contributed by atoms with E-state index in [0.717, 1.165) is 13.0 Å². The summed E-state index contributed by atoms with van der Waals surface area (Å²) in [5, 5.41) is 6.06. The van der Waals surface area contributed by atoms with Crippen LogP contribution in [-0.4, -0.2) is 36.8 Å². The largest absolute Gasteiger partial charge is 0.383 e. The van der Waals surface area contributed by atoms with Crippen LogP contribution >= 0.6 is 0 Å². The Balaban J connectivity index is 2.34. The third-order valence-electron chi connectivity index (χ3n) is 2.98. The van der Waals surface area contributed by atoms with Gasteiger partial charge in [0.2, 0.25) is 5.91 Å². The Labute approximate surface area is 115 Å². The van der Waals surface area contributed by atoms with Crippen molar-refractivity contribution in [1.82, 2.24) is 15.2 Å². The average Bonchev–Trinajstić information content (AvgIpc) is 2.84. The molecule has 0 aliphatic carbocycles. The van der Waals surface area contributed by atoms with Crippen LogP contribution in [0.25, 0.3) is 0 Å². The Hall–Kier alpha value is -1.33. The maximum absolute atomic E-state index is 11.8. The van der Waals surface area contributed by atoms with E-state index in [1.807, 2.05) is 13.0 Å². The highest BCUT2D eigenvalue weighted by molar-refractivity contribution is 5.81. The second-order valence-electron chi connectivity index (χ2n) is 4.58. The lowest BCUT2D eigenvalue weighted by Gasteiger charge is -2.15. The first kappa shape index (κ1) is 15.7. The standard InChI is InChI=1S/C14H25N3O2/c1-4-8-17-9-5-6-13(17)11-16-12(2)14(18)15-7-10-19-3/h5-6,9,12,16H,4,7-8,10-11H2,1-3H3,(H,15,18). The Bertz CT molecular complexity index is 377. The van der Waals surface area contributed by atoms with E-state index in [2.05, 4.69) is 34.4 Å². The molecule has 0 bridgehead atoms. The highest BCUT2D eigenvalue weighted by Gasteiger charge is 2.11. The Kier molecular flexibility index (Phi) is 7.22. The first-order valence-electron chi connectivity index (χ1n) is 6.83. The fraction of sp³-hybridized carbons (Fsp3) is 0.643. The van der Waals surface area contributed by atoms with Crippen LogP contribution in [-0.2, 0) is 22.6 Å². The van der Waals surface area contributed by atoms with Gasteiger partial charge in [-0.2, -0.15) is 0 Å². The highest BCUT2D eigenvalue weighted by atomic mass is 16.5. The highest BCUT2D eigenvalue weighted by Crippen LogP contribution is 2.03. The monoisotopic (exact) mass is 267 g/mol. The first-order valence-corrected chi connectivity index (χ1v) is 6.83. The van der Waals surface area contributed by atoms with Crippen molar-refractivity contribution in [2.45, 2.75) is 39.4 Å². The van der Waals surface area contributed by atoms with Crippen molar-refractivity contribution in [3.8, 4) is 0 Å². The molecule has 0 saturated carbocycles. The third kappa shape index (κ3) is 5.44. The van der Waals surface area contributed by atoms with E-state index < -0.39 is 0 Å². The van der Waals surface area contributed by atoms with Gasteiger partial charge in [-0.05, 0) is 25.5 Å². The fourth-order valence-electron chi connectivity index (χ4n) is 1.85. The molecule has 1 atom stereocenters. The summed E-state index contributed by atoms with van der Waals surface area (Å²) < 4.78 is 7.11. The van der Waals surface area contributed by atoms with Crippen LogP contribution in [0.2, 0.25) is 0 Å². The van der Waals surface area contributed by atoms with Gasteiger partial charge in [0.05, 0.1) is 12.6 Å². The molecule has 0 saturated heterocycles. The zero-order valence-corrected chi connectivity index (χ0v) is 12.1. The molecular formula is C14H25N3O2. The van der Waals surface area contributed by atoms with Crippen molar-refractivity contribution in [2.75, 3.05) is 20.3 Å². The SMILES string of the molecule is CCCn1cccc1CNC(C)C(=O)NCCOC. The molecule has 5 heteroatoms. The lowest BCUT2D eigenvalue weighted by Crippen LogP contribution is -2.43. The molecule has 0 fully saturated rings. The Morgan fingerprint density at radius 3 is 3.00 bits per heavy atom. The molecular weight excluding hydrogens is 242 g/mol. The number of rotatable bonds is 9. The second-order valence-corrected chi connectivity index (χ2v) is 4.58. The second kappa shape index (κ2) is 8.72. The van der Waals surface area contributed by atoms with Gasteiger partial charge in [0.15, 0.2) is 0 Å². The molecule has 0 spiro atoms. The number of nitrogens with one attached hydrogen (secondary N) is 2. The summed E-state index contributed by atoms with van der Waals surface area (Å²) in [5.74, 6) is 0.00523. The normalized spacial score (nSPS) is 12.4. The van der Waals surface area contributed by atoms with Crippen LogP contribution in [0.3, 0.4) is 0 Å². The van der Waals surface area contributed by atoms with E-state index in [4.69, 9.17) is 4.74 Å². The summed E-state index contributed by atoms with van der Waals surface area (Å²) >= 11 is 0. The van der Waals surface area contributed by atoms with E-state index >= 15 is 0 Å². The number of amides is 1. The Morgan fingerprint density at radius 1 is 1.53 bits per heavy atom. The van der Waals surface area contributed by atoms with Crippen LogP contribution in [0, 0.1) is 0 Å². The quantitative estimate of drug-likeness (QED) is 0.660. The van der Waals surface area contributed by atoms with Crippen molar-refractivity contribution in [1.29, 1.82) is 0 Å². The van der Waals surface area contributed by atoms with Crippen molar-refractivity contribution in [2.24, 2.45) is 0 Å². The van der Waals surface area contributed by atoms with Gasteiger partial charge >= 0.3 is 0 Å². The molecule has 5 nitrogen and oxygen atoms in total. The van der Waals surface area contributed by atoms with Crippen molar-refractivity contribution >= 4 is 5.91 Å². The Morgan fingerprint density at radius 2 is 2.32 bits per heavy atom. The molecule has 108 valence electrons. The van der Waals surface area contributed by atoms with Gasteiger partial charge in [0, 0.05) is 38.6 Å². The minimum absolute atomic E-state index is 0.00523. The summed E-state index contributed by atoms with van der Waals surface area (Å²) in [4.78, 5) is 11.8. The molecule has 1 aromatic rings. The summed E-state index contributed by atoms with van der Waals surface area (Å²) in [7, 11) is 1.62. The molecule has 0 aliphatic rings. The number of hydrogen-bond acceptors (Lipinski definition) is 3.